The first-order valence-electron chi connectivity index (χ1n) is 7.26. The molecule has 0 fully saturated rings. The van der Waals surface area contributed by atoms with E-state index < -0.39 is 0 Å². The second kappa shape index (κ2) is 7.63. The van der Waals surface area contributed by atoms with Crippen LogP contribution in [0.3, 0.4) is 0 Å². The Labute approximate surface area is 135 Å². The second-order valence-electron chi connectivity index (χ2n) is 5.23. The number of nitrogens with one attached hydrogen (secondary N) is 1. The molecule has 0 heterocycles. The maximum atomic E-state index is 13.2. The lowest BCUT2D eigenvalue weighted by Crippen LogP contribution is -2.24. The first-order chi connectivity index (χ1) is 11.0. The van der Waals surface area contributed by atoms with Crippen molar-refractivity contribution in [3.63, 3.8) is 0 Å². The molecule has 0 unspecified atom stereocenters. The average molecular weight is 317 g/mol. The van der Waals surface area contributed by atoms with E-state index in [4.69, 9.17) is 9.47 Å². The van der Waals surface area contributed by atoms with Crippen molar-refractivity contribution < 1.29 is 18.7 Å². The predicted molar refractivity (Wildman–Crippen MR) is 86.2 cm³/mol. The highest BCUT2D eigenvalue weighted by atomic mass is 19.1. The summed E-state index contributed by atoms with van der Waals surface area (Å²) in [4.78, 5) is 12.0. The van der Waals surface area contributed by atoms with Crippen LogP contribution in [0.4, 0.5) is 4.39 Å². The largest absolute Gasteiger partial charge is 0.493 e. The van der Waals surface area contributed by atoms with Crippen molar-refractivity contribution in [1.82, 2.24) is 5.32 Å². The fourth-order valence-electron chi connectivity index (χ4n) is 2.26. The van der Waals surface area contributed by atoms with Gasteiger partial charge in [0.2, 0.25) is 5.91 Å². The molecule has 0 saturated heterocycles. The van der Waals surface area contributed by atoms with E-state index >= 15 is 0 Å². The lowest BCUT2D eigenvalue weighted by molar-refractivity contribution is -0.120. The fraction of sp³-hybridized carbons (Fsp3) is 0.278. The first kappa shape index (κ1) is 16.8. The third-order valence-corrected chi connectivity index (χ3v) is 3.52. The van der Waals surface area contributed by atoms with E-state index in [9.17, 15) is 9.18 Å². The van der Waals surface area contributed by atoms with Gasteiger partial charge in [-0.05, 0) is 41.8 Å². The van der Waals surface area contributed by atoms with Crippen LogP contribution >= 0.6 is 0 Å². The van der Waals surface area contributed by atoms with Gasteiger partial charge < -0.3 is 14.8 Å². The van der Waals surface area contributed by atoms with E-state index in [1.165, 1.54) is 6.07 Å². The number of rotatable bonds is 6. The van der Waals surface area contributed by atoms with Crippen molar-refractivity contribution in [1.29, 1.82) is 0 Å². The van der Waals surface area contributed by atoms with E-state index in [1.54, 1.807) is 45.4 Å². The van der Waals surface area contributed by atoms with E-state index in [-0.39, 0.29) is 18.1 Å². The average Bonchev–Trinajstić information content (AvgIpc) is 2.55. The van der Waals surface area contributed by atoms with Gasteiger partial charge in [-0.25, -0.2) is 4.39 Å². The molecule has 0 aliphatic heterocycles. The van der Waals surface area contributed by atoms with Crippen molar-refractivity contribution >= 4 is 5.91 Å². The molecule has 122 valence electrons. The van der Waals surface area contributed by atoms with E-state index in [1.807, 2.05) is 6.07 Å². The number of methoxy groups -OCH3 is 2. The minimum atomic E-state index is -0.245. The van der Waals surface area contributed by atoms with Crippen LogP contribution in [0.25, 0.3) is 0 Å². The van der Waals surface area contributed by atoms with E-state index in [0.29, 0.717) is 23.6 Å². The minimum absolute atomic E-state index is 0.112. The lowest BCUT2D eigenvalue weighted by Gasteiger charge is -2.10. The Balaban J connectivity index is 1.95. The zero-order valence-corrected chi connectivity index (χ0v) is 13.5. The van der Waals surface area contributed by atoms with Gasteiger partial charge >= 0.3 is 0 Å². The highest BCUT2D eigenvalue weighted by Crippen LogP contribution is 2.27. The molecule has 0 spiro atoms. The zero-order chi connectivity index (χ0) is 16.8. The Morgan fingerprint density at radius 2 is 1.74 bits per heavy atom. The summed E-state index contributed by atoms with van der Waals surface area (Å²) < 4.78 is 23.6. The number of halogens is 1. The van der Waals surface area contributed by atoms with Crippen LogP contribution in [0.1, 0.15) is 16.7 Å². The van der Waals surface area contributed by atoms with Crippen molar-refractivity contribution in [3.05, 3.63) is 58.9 Å². The van der Waals surface area contributed by atoms with Crippen molar-refractivity contribution in [3.8, 4) is 11.5 Å². The Hall–Kier alpha value is -2.56. The normalized spacial score (nSPS) is 10.3. The molecule has 1 amide bonds. The summed E-state index contributed by atoms with van der Waals surface area (Å²) in [7, 11) is 3.12. The van der Waals surface area contributed by atoms with Crippen LogP contribution < -0.4 is 14.8 Å². The monoisotopic (exact) mass is 317 g/mol. The number of hydrogen-bond acceptors (Lipinski definition) is 3. The fourth-order valence-corrected chi connectivity index (χ4v) is 2.26. The summed E-state index contributed by atoms with van der Waals surface area (Å²) in [6, 6.07) is 10.2. The van der Waals surface area contributed by atoms with Gasteiger partial charge in [0.1, 0.15) is 5.82 Å². The summed E-state index contributed by atoms with van der Waals surface area (Å²) in [6.45, 7) is 2.07. The molecule has 4 nitrogen and oxygen atoms in total. The number of aryl methyl sites for hydroxylation is 1. The maximum Gasteiger partial charge on any atom is 0.224 e. The van der Waals surface area contributed by atoms with Crippen molar-refractivity contribution in [2.24, 2.45) is 0 Å². The molecule has 0 aromatic heterocycles. The summed E-state index contributed by atoms with van der Waals surface area (Å²) in [5.41, 5.74) is 2.26. The summed E-state index contributed by atoms with van der Waals surface area (Å²) in [6.07, 6.45) is 0.237. The number of hydrogen-bond donors (Lipinski definition) is 1. The van der Waals surface area contributed by atoms with Gasteiger partial charge in [0.15, 0.2) is 11.5 Å². The summed E-state index contributed by atoms with van der Waals surface area (Å²) >= 11 is 0. The Kier molecular flexibility index (Phi) is 5.57. The van der Waals surface area contributed by atoms with Crippen LogP contribution in [0.2, 0.25) is 0 Å². The van der Waals surface area contributed by atoms with Gasteiger partial charge in [0.05, 0.1) is 20.6 Å². The molecule has 2 aromatic rings. The van der Waals surface area contributed by atoms with Crippen LogP contribution in [-0.4, -0.2) is 20.1 Å². The molecule has 0 aliphatic carbocycles. The van der Waals surface area contributed by atoms with Gasteiger partial charge in [0.25, 0.3) is 0 Å². The highest BCUT2D eigenvalue weighted by Gasteiger charge is 2.08. The maximum absolute atomic E-state index is 13.2. The lowest BCUT2D eigenvalue weighted by atomic mass is 10.1. The third kappa shape index (κ3) is 4.45. The van der Waals surface area contributed by atoms with Gasteiger partial charge in [0, 0.05) is 6.54 Å². The molecule has 0 aliphatic rings. The minimum Gasteiger partial charge on any atom is -0.493 e. The van der Waals surface area contributed by atoms with E-state index in [0.717, 1.165) is 11.1 Å². The number of benzene rings is 2. The Bertz CT molecular complexity index is 701. The number of carbonyl (C=O) groups is 1. The van der Waals surface area contributed by atoms with Crippen LogP contribution in [-0.2, 0) is 17.8 Å². The second-order valence-corrected chi connectivity index (χ2v) is 5.23. The van der Waals surface area contributed by atoms with Crippen LogP contribution in [0.15, 0.2) is 36.4 Å². The Morgan fingerprint density at radius 3 is 2.39 bits per heavy atom. The molecule has 0 bridgehead atoms. The number of ether oxygens (including phenoxy) is 2. The van der Waals surface area contributed by atoms with Crippen molar-refractivity contribution in [2.45, 2.75) is 19.9 Å². The van der Waals surface area contributed by atoms with Gasteiger partial charge in [-0.15, -0.1) is 0 Å². The molecule has 23 heavy (non-hydrogen) atoms. The zero-order valence-electron chi connectivity index (χ0n) is 13.5. The van der Waals surface area contributed by atoms with E-state index in [2.05, 4.69) is 5.32 Å². The summed E-state index contributed by atoms with van der Waals surface area (Å²) in [5.74, 6) is 0.856. The molecule has 1 N–H and O–H groups in total. The molecule has 0 radical (unpaired) electrons. The van der Waals surface area contributed by atoms with Gasteiger partial charge in [-0.2, -0.15) is 0 Å². The highest BCUT2D eigenvalue weighted by molar-refractivity contribution is 5.78. The van der Waals surface area contributed by atoms with Crippen LogP contribution in [0.5, 0.6) is 11.5 Å². The SMILES string of the molecule is COc1ccc(CC(=O)NCc2ccc(F)c(C)c2)cc1OC. The molecule has 2 aromatic carbocycles. The molecular formula is C18H20FNO3. The van der Waals surface area contributed by atoms with Gasteiger partial charge in [-0.3, -0.25) is 4.79 Å². The summed E-state index contributed by atoms with van der Waals surface area (Å²) in [5, 5.41) is 2.83. The smallest absolute Gasteiger partial charge is 0.224 e. The quantitative estimate of drug-likeness (QED) is 0.891. The van der Waals surface area contributed by atoms with Gasteiger partial charge in [-0.1, -0.05) is 18.2 Å². The topological polar surface area (TPSA) is 47.6 Å². The molecule has 0 saturated carbocycles. The van der Waals surface area contributed by atoms with Crippen molar-refractivity contribution in [2.75, 3.05) is 14.2 Å². The molecule has 5 heteroatoms. The van der Waals surface area contributed by atoms with Crippen LogP contribution in [0, 0.1) is 12.7 Å². The number of carbonyl (C=O) groups excluding carboxylic acids is 1. The number of amides is 1. The Morgan fingerprint density at radius 1 is 1.04 bits per heavy atom. The predicted octanol–water partition coefficient (Wildman–Crippen LogP) is 3.01. The molecule has 2 rings (SSSR count). The molecular weight excluding hydrogens is 297 g/mol. The molecule has 0 atom stereocenters. The first-order valence-corrected chi connectivity index (χ1v) is 7.26. The standard InChI is InChI=1S/C18H20FNO3/c1-12-8-14(4-6-15(12)19)11-20-18(21)10-13-5-7-16(22-2)17(9-13)23-3/h4-9H,10-11H2,1-3H3,(H,20,21). The third-order valence-electron chi connectivity index (χ3n) is 3.52.